The van der Waals surface area contributed by atoms with Crippen LogP contribution in [0.4, 0.5) is 4.39 Å². The zero-order valence-electron chi connectivity index (χ0n) is 11.6. The van der Waals surface area contributed by atoms with Gasteiger partial charge in [0.1, 0.15) is 5.82 Å². The van der Waals surface area contributed by atoms with Crippen LogP contribution < -0.4 is 5.32 Å². The normalized spacial score (nSPS) is 16.9. The molecule has 0 radical (unpaired) electrons. The minimum Gasteiger partial charge on any atom is -0.314 e. The van der Waals surface area contributed by atoms with Gasteiger partial charge in [-0.25, -0.2) is 4.39 Å². The van der Waals surface area contributed by atoms with Gasteiger partial charge in [-0.3, -0.25) is 4.90 Å². The van der Waals surface area contributed by atoms with Crippen molar-refractivity contribution in [3.05, 3.63) is 34.1 Å². The smallest absolute Gasteiger partial charge is 0.128 e. The predicted octanol–water partition coefficient (Wildman–Crippen LogP) is 4.18. The molecule has 1 heterocycles. The third-order valence-electron chi connectivity index (χ3n) is 3.47. The number of piperazine rings is 1. The van der Waals surface area contributed by atoms with Gasteiger partial charge in [-0.1, -0.05) is 29.3 Å². The monoisotopic (exact) mass is 386 g/mol. The van der Waals surface area contributed by atoms with Crippen LogP contribution in [0.25, 0.3) is 0 Å². The summed E-state index contributed by atoms with van der Waals surface area (Å²) in [5.41, 5.74) is 0.827. The molecule has 1 atom stereocenters. The number of hydrogen-bond donors (Lipinski definition) is 1. The van der Waals surface area contributed by atoms with Crippen LogP contribution >= 0.6 is 40.7 Å². The van der Waals surface area contributed by atoms with Crippen LogP contribution in [-0.4, -0.2) is 31.1 Å². The van der Waals surface area contributed by atoms with Crippen molar-refractivity contribution in [2.45, 2.75) is 25.8 Å². The van der Waals surface area contributed by atoms with Gasteiger partial charge in [0, 0.05) is 42.3 Å². The second-order valence-corrected chi connectivity index (χ2v) is 5.67. The van der Waals surface area contributed by atoms with Crippen molar-refractivity contribution in [2.24, 2.45) is 0 Å². The average Bonchev–Trinajstić information content (AvgIpc) is 2.40. The zero-order valence-corrected chi connectivity index (χ0v) is 14.8. The first-order chi connectivity index (χ1) is 8.72. The van der Waals surface area contributed by atoms with Crippen LogP contribution in [0.1, 0.15) is 31.4 Å². The first-order valence-corrected chi connectivity index (χ1v) is 7.41. The molecular weight excluding hydrogens is 366 g/mol. The molecule has 0 saturated carbocycles. The van der Waals surface area contributed by atoms with Crippen LogP contribution in [0.15, 0.2) is 22.7 Å². The molecule has 1 aliphatic rings. The molecule has 116 valence electrons. The van der Waals surface area contributed by atoms with Crippen LogP contribution in [0.5, 0.6) is 0 Å². The molecule has 20 heavy (non-hydrogen) atoms. The predicted molar refractivity (Wildman–Crippen MR) is 90.7 cm³/mol. The zero-order chi connectivity index (χ0) is 13.0. The molecule has 0 unspecified atom stereocenters. The van der Waals surface area contributed by atoms with E-state index in [0.29, 0.717) is 0 Å². The average molecular weight is 388 g/mol. The fourth-order valence-corrected chi connectivity index (χ4v) is 2.95. The lowest BCUT2D eigenvalue weighted by atomic mass is 9.99. The molecule has 1 aromatic carbocycles. The molecular formula is C14H22BrCl2FN2. The van der Waals surface area contributed by atoms with Crippen molar-refractivity contribution in [2.75, 3.05) is 26.2 Å². The molecule has 1 N–H and O–H groups in total. The van der Waals surface area contributed by atoms with E-state index < -0.39 is 0 Å². The van der Waals surface area contributed by atoms with E-state index in [1.807, 2.05) is 6.07 Å². The van der Waals surface area contributed by atoms with E-state index in [1.54, 1.807) is 12.1 Å². The lowest BCUT2D eigenvalue weighted by Crippen LogP contribution is -2.45. The molecule has 0 aromatic heterocycles. The van der Waals surface area contributed by atoms with Gasteiger partial charge in [0.15, 0.2) is 0 Å². The van der Waals surface area contributed by atoms with Crippen molar-refractivity contribution in [1.82, 2.24) is 10.2 Å². The minimum absolute atomic E-state index is 0. The number of halogens is 4. The fraction of sp³-hybridized carbons (Fsp3) is 0.571. The van der Waals surface area contributed by atoms with Crippen molar-refractivity contribution in [3.63, 3.8) is 0 Å². The molecule has 0 bridgehead atoms. The molecule has 1 aromatic rings. The van der Waals surface area contributed by atoms with E-state index in [4.69, 9.17) is 0 Å². The van der Waals surface area contributed by atoms with Crippen molar-refractivity contribution < 1.29 is 4.39 Å². The highest BCUT2D eigenvalue weighted by Gasteiger charge is 2.23. The van der Waals surface area contributed by atoms with Crippen LogP contribution in [0.3, 0.4) is 0 Å². The third kappa shape index (κ3) is 5.15. The summed E-state index contributed by atoms with van der Waals surface area (Å²) in [5, 5.41) is 3.34. The number of rotatable bonds is 4. The Morgan fingerprint density at radius 2 is 1.95 bits per heavy atom. The number of benzene rings is 1. The first kappa shape index (κ1) is 20.1. The van der Waals surface area contributed by atoms with Gasteiger partial charge in [0.05, 0.1) is 0 Å². The van der Waals surface area contributed by atoms with Gasteiger partial charge in [0.2, 0.25) is 0 Å². The fourth-order valence-electron chi connectivity index (χ4n) is 2.57. The van der Waals surface area contributed by atoms with Gasteiger partial charge in [-0.15, -0.1) is 24.8 Å². The highest BCUT2D eigenvalue weighted by molar-refractivity contribution is 9.10. The topological polar surface area (TPSA) is 15.3 Å². The van der Waals surface area contributed by atoms with Gasteiger partial charge in [-0.05, 0) is 24.6 Å². The number of hydrogen-bond acceptors (Lipinski definition) is 2. The SMILES string of the molecule is CCC[C@@H](c1cc(Br)ccc1F)N1CCNCC1.Cl.Cl. The Balaban J connectivity index is 0.00000180. The van der Waals surface area contributed by atoms with Crippen LogP contribution in [0.2, 0.25) is 0 Å². The molecule has 0 amide bonds. The molecule has 1 saturated heterocycles. The number of nitrogens with zero attached hydrogens (tertiary/aromatic N) is 1. The molecule has 2 nitrogen and oxygen atoms in total. The van der Waals surface area contributed by atoms with E-state index in [9.17, 15) is 4.39 Å². The lowest BCUT2D eigenvalue weighted by molar-refractivity contribution is 0.161. The Hall–Kier alpha value is 0.130. The molecule has 2 rings (SSSR count). The van der Waals surface area contributed by atoms with Crippen LogP contribution in [-0.2, 0) is 0 Å². The Bertz CT molecular complexity index is 401. The second-order valence-electron chi connectivity index (χ2n) is 4.76. The van der Waals surface area contributed by atoms with Gasteiger partial charge in [-0.2, -0.15) is 0 Å². The molecule has 1 fully saturated rings. The Kier molecular flexibility index (Phi) is 10.0. The van der Waals surface area contributed by atoms with Gasteiger partial charge < -0.3 is 5.32 Å². The van der Waals surface area contributed by atoms with E-state index in [0.717, 1.165) is 49.1 Å². The summed E-state index contributed by atoms with van der Waals surface area (Å²) in [6.45, 7) is 6.14. The largest absolute Gasteiger partial charge is 0.314 e. The van der Waals surface area contributed by atoms with Gasteiger partial charge >= 0.3 is 0 Å². The highest BCUT2D eigenvalue weighted by atomic mass is 79.9. The summed E-state index contributed by atoms with van der Waals surface area (Å²) in [5.74, 6) is -0.0878. The Morgan fingerprint density at radius 3 is 2.55 bits per heavy atom. The first-order valence-electron chi connectivity index (χ1n) is 6.62. The summed E-state index contributed by atoms with van der Waals surface area (Å²) in [6.07, 6.45) is 2.08. The van der Waals surface area contributed by atoms with Gasteiger partial charge in [0.25, 0.3) is 0 Å². The number of nitrogens with one attached hydrogen (secondary N) is 1. The summed E-state index contributed by atoms with van der Waals surface area (Å²) < 4.78 is 15.0. The molecule has 6 heteroatoms. The van der Waals surface area contributed by atoms with E-state index in [-0.39, 0.29) is 36.7 Å². The summed E-state index contributed by atoms with van der Waals surface area (Å²) in [4.78, 5) is 2.39. The molecule has 0 aliphatic carbocycles. The second kappa shape index (κ2) is 9.96. The summed E-state index contributed by atoms with van der Waals surface area (Å²) >= 11 is 3.44. The van der Waals surface area contributed by atoms with Crippen LogP contribution in [0, 0.1) is 5.82 Å². The summed E-state index contributed by atoms with van der Waals surface area (Å²) in [7, 11) is 0. The quantitative estimate of drug-likeness (QED) is 0.833. The lowest BCUT2D eigenvalue weighted by Gasteiger charge is -2.35. The molecule has 0 spiro atoms. The van der Waals surface area contributed by atoms with Crippen molar-refractivity contribution in [3.8, 4) is 0 Å². The Morgan fingerprint density at radius 1 is 1.30 bits per heavy atom. The maximum Gasteiger partial charge on any atom is 0.128 e. The third-order valence-corrected chi connectivity index (χ3v) is 3.96. The van der Waals surface area contributed by atoms with E-state index in [1.165, 1.54) is 0 Å². The molecule has 1 aliphatic heterocycles. The highest BCUT2D eigenvalue weighted by Crippen LogP contribution is 2.30. The van der Waals surface area contributed by atoms with Crippen molar-refractivity contribution >= 4 is 40.7 Å². The standard InChI is InChI=1S/C14H20BrFN2.2ClH/c1-2-3-14(18-8-6-17-7-9-18)12-10-11(15)4-5-13(12)16;;/h4-5,10,14,17H,2-3,6-9H2,1H3;2*1H/t14-;;/m0../s1. The van der Waals surface area contributed by atoms with E-state index >= 15 is 0 Å². The van der Waals surface area contributed by atoms with E-state index in [2.05, 4.69) is 33.1 Å². The minimum atomic E-state index is -0.0878. The maximum absolute atomic E-state index is 14.0. The Labute approximate surface area is 141 Å². The van der Waals surface area contributed by atoms with Crippen molar-refractivity contribution in [1.29, 1.82) is 0 Å². The maximum atomic E-state index is 14.0. The summed E-state index contributed by atoms with van der Waals surface area (Å²) in [6, 6.07) is 5.45.